The summed E-state index contributed by atoms with van der Waals surface area (Å²) in [6.07, 6.45) is 2.21. The van der Waals surface area contributed by atoms with E-state index in [1.54, 1.807) is 0 Å². The molecular formula is C29H25N5O2. The number of anilines is 1. The van der Waals surface area contributed by atoms with Crippen LogP contribution in [0.25, 0.3) is 27.5 Å². The summed E-state index contributed by atoms with van der Waals surface area (Å²) in [7, 11) is 0. The predicted octanol–water partition coefficient (Wildman–Crippen LogP) is 5.86. The first-order valence-electron chi connectivity index (χ1n) is 11.8. The first-order chi connectivity index (χ1) is 17.5. The van der Waals surface area contributed by atoms with Crippen LogP contribution in [0.2, 0.25) is 0 Å². The van der Waals surface area contributed by atoms with Gasteiger partial charge in [0.25, 0.3) is 0 Å². The number of nitrogens with one attached hydrogen (secondary N) is 1. The zero-order valence-corrected chi connectivity index (χ0v) is 20.2. The number of aryl methyl sites for hydroxylation is 2. The first kappa shape index (κ1) is 23.1. The summed E-state index contributed by atoms with van der Waals surface area (Å²) in [4.78, 5) is 17.5. The van der Waals surface area contributed by atoms with Crippen molar-refractivity contribution < 1.29 is 9.53 Å². The number of carbonyl (C=O) groups excluding carboxylic acids is 1. The van der Waals surface area contributed by atoms with E-state index in [0.29, 0.717) is 24.7 Å². The summed E-state index contributed by atoms with van der Waals surface area (Å²) in [6, 6.07) is 24.1. The predicted molar refractivity (Wildman–Crippen MR) is 140 cm³/mol. The molecular weight excluding hydrogens is 450 g/mol. The lowest BCUT2D eigenvalue weighted by molar-refractivity contribution is -0.116. The van der Waals surface area contributed by atoms with Gasteiger partial charge < -0.3 is 10.1 Å². The Morgan fingerprint density at radius 2 is 1.86 bits per heavy atom. The van der Waals surface area contributed by atoms with Gasteiger partial charge in [0.05, 0.1) is 18.3 Å². The molecule has 7 heteroatoms. The van der Waals surface area contributed by atoms with Crippen molar-refractivity contribution in [2.24, 2.45) is 0 Å². The Kier molecular flexibility index (Phi) is 6.33. The van der Waals surface area contributed by atoms with Crippen molar-refractivity contribution in [1.82, 2.24) is 14.8 Å². The number of benzene rings is 3. The smallest absolute Gasteiger partial charge is 0.225 e. The second kappa shape index (κ2) is 9.88. The molecule has 2 heterocycles. The fourth-order valence-corrected chi connectivity index (χ4v) is 4.25. The van der Waals surface area contributed by atoms with Crippen LogP contribution in [-0.4, -0.2) is 27.3 Å². The fraction of sp³-hybridized carbons (Fsp3) is 0.172. The van der Waals surface area contributed by atoms with Gasteiger partial charge in [-0.05, 0) is 60.4 Å². The third-order valence-electron chi connectivity index (χ3n) is 6.14. The van der Waals surface area contributed by atoms with Crippen LogP contribution < -0.4 is 10.1 Å². The summed E-state index contributed by atoms with van der Waals surface area (Å²) in [5, 5.41) is 20.1. The lowest BCUT2D eigenvalue weighted by atomic mass is 10.1. The molecule has 0 saturated heterocycles. The van der Waals surface area contributed by atoms with Crippen molar-refractivity contribution >= 4 is 33.4 Å². The third kappa shape index (κ3) is 4.62. The molecule has 1 amide bonds. The Labute approximate surface area is 209 Å². The van der Waals surface area contributed by atoms with Gasteiger partial charge in [0.15, 0.2) is 11.6 Å². The molecule has 5 rings (SSSR count). The highest BCUT2D eigenvalue weighted by Gasteiger charge is 2.17. The Bertz CT molecular complexity index is 1630. The molecule has 1 N–H and O–H groups in total. The minimum absolute atomic E-state index is 0.218. The van der Waals surface area contributed by atoms with Crippen LogP contribution in [0, 0.1) is 25.2 Å². The summed E-state index contributed by atoms with van der Waals surface area (Å²) in [6.45, 7) is 4.42. The van der Waals surface area contributed by atoms with Crippen LogP contribution in [0.1, 0.15) is 29.5 Å². The Morgan fingerprint density at radius 1 is 1.03 bits per heavy atom. The number of pyridine rings is 1. The van der Waals surface area contributed by atoms with Gasteiger partial charge in [0, 0.05) is 11.8 Å². The number of hydrogen-bond acceptors (Lipinski definition) is 5. The minimum atomic E-state index is -0.218. The molecule has 2 aromatic heterocycles. The number of ether oxygens (including phenoxy) is 1. The molecule has 5 aromatic rings. The van der Waals surface area contributed by atoms with Gasteiger partial charge in [-0.15, -0.1) is 0 Å². The molecule has 0 spiro atoms. The van der Waals surface area contributed by atoms with E-state index in [0.717, 1.165) is 38.6 Å². The van der Waals surface area contributed by atoms with Gasteiger partial charge >= 0.3 is 0 Å². The van der Waals surface area contributed by atoms with Gasteiger partial charge in [-0.2, -0.15) is 15.0 Å². The maximum atomic E-state index is 12.7. The lowest BCUT2D eigenvalue weighted by Gasteiger charge is -2.12. The van der Waals surface area contributed by atoms with Gasteiger partial charge in [-0.3, -0.25) is 4.79 Å². The summed E-state index contributed by atoms with van der Waals surface area (Å²) < 4.78 is 7.36. The van der Waals surface area contributed by atoms with Gasteiger partial charge in [-0.25, -0.2) is 4.98 Å². The number of hydrogen-bond donors (Lipinski definition) is 1. The zero-order valence-electron chi connectivity index (χ0n) is 20.2. The third-order valence-corrected chi connectivity index (χ3v) is 6.14. The number of nitrogens with zero attached hydrogens (tertiary/aromatic N) is 4. The van der Waals surface area contributed by atoms with Gasteiger partial charge in [0.1, 0.15) is 17.4 Å². The highest BCUT2D eigenvalue weighted by Crippen LogP contribution is 2.25. The minimum Gasteiger partial charge on any atom is -0.494 e. The summed E-state index contributed by atoms with van der Waals surface area (Å²) >= 11 is 0. The summed E-state index contributed by atoms with van der Waals surface area (Å²) in [5.41, 5.74) is 3.22. The average Bonchev–Trinajstić information content (AvgIpc) is 3.29. The number of fused-ring (bicyclic) bond motifs is 2. The fourth-order valence-electron chi connectivity index (χ4n) is 4.25. The number of carbonyl (C=O) groups is 1. The van der Waals surface area contributed by atoms with E-state index < -0.39 is 0 Å². The molecule has 0 bridgehead atoms. The molecule has 7 nitrogen and oxygen atoms in total. The number of para-hydroxylation sites is 1. The molecule has 178 valence electrons. The van der Waals surface area contributed by atoms with Crippen molar-refractivity contribution in [2.75, 3.05) is 11.9 Å². The molecule has 0 unspecified atom stereocenters. The second-order valence-electron chi connectivity index (χ2n) is 8.71. The quantitative estimate of drug-likeness (QED) is 0.298. The van der Waals surface area contributed by atoms with E-state index in [1.807, 2.05) is 74.5 Å². The molecule has 0 fully saturated rings. The molecule has 0 aliphatic carbocycles. The van der Waals surface area contributed by atoms with Crippen LogP contribution in [0.4, 0.5) is 5.82 Å². The number of aromatic nitrogens is 3. The molecule has 0 saturated carbocycles. The highest BCUT2D eigenvalue weighted by atomic mass is 16.5. The lowest BCUT2D eigenvalue weighted by Crippen LogP contribution is -2.17. The Morgan fingerprint density at radius 3 is 2.69 bits per heavy atom. The second-order valence-corrected chi connectivity index (χ2v) is 8.71. The highest BCUT2D eigenvalue weighted by molar-refractivity contribution is 5.92. The maximum absolute atomic E-state index is 12.7. The molecule has 0 aliphatic rings. The van der Waals surface area contributed by atoms with E-state index in [4.69, 9.17) is 9.72 Å². The number of nitriles is 1. The van der Waals surface area contributed by atoms with Gasteiger partial charge in [-0.1, -0.05) is 48.5 Å². The van der Waals surface area contributed by atoms with E-state index >= 15 is 0 Å². The number of rotatable bonds is 7. The van der Waals surface area contributed by atoms with Crippen LogP contribution in [0.3, 0.4) is 0 Å². The van der Waals surface area contributed by atoms with Crippen LogP contribution in [0.5, 0.6) is 5.75 Å². The zero-order chi connectivity index (χ0) is 25.1. The monoisotopic (exact) mass is 475 g/mol. The molecule has 0 aliphatic heterocycles. The topological polar surface area (TPSA) is 92.8 Å². The van der Waals surface area contributed by atoms with Crippen LogP contribution >= 0.6 is 0 Å². The van der Waals surface area contributed by atoms with Crippen molar-refractivity contribution in [2.45, 2.75) is 26.7 Å². The van der Waals surface area contributed by atoms with Crippen molar-refractivity contribution in [3.63, 3.8) is 0 Å². The van der Waals surface area contributed by atoms with Crippen LogP contribution in [-0.2, 0) is 4.79 Å². The molecule has 3 aromatic carbocycles. The number of amides is 1. The normalized spacial score (nSPS) is 10.9. The largest absolute Gasteiger partial charge is 0.494 e. The first-order valence-corrected chi connectivity index (χ1v) is 11.8. The standard InChI is InChI=1S/C29H25N5O2/c1-19-7-5-10-25-20(2)15-26(32-28(19)25)34-29(23(17-30)18-31-34)33-27(35)11-6-14-36-24-13-12-21-8-3-4-9-22(21)16-24/h3-5,7-10,12-13,15-16,18H,6,11,14H2,1-2H3,(H,33,35). The Hall–Kier alpha value is -4.70. The molecule has 0 radical (unpaired) electrons. The SMILES string of the molecule is Cc1cc(-n2ncc(C#N)c2NC(=O)CCCOc2ccc3ccccc3c2)nc2c(C)cccc12. The maximum Gasteiger partial charge on any atom is 0.225 e. The van der Waals surface area contributed by atoms with Crippen molar-refractivity contribution in [1.29, 1.82) is 5.26 Å². The van der Waals surface area contributed by atoms with Crippen molar-refractivity contribution in [3.8, 4) is 17.6 Å². The molecule has 36 heavy (non-hydrogen) atoms. The van der Waals surface area contributed by atoms with Crippen molar-refractivity contribution in [3.05, 3.63) is 89.6 Å². The van der Waals surface area contributed by atoms with E-state index in [9.17, 15) is 10.1 Å². The average molecular weight is 476 g/mol. The Balaban J connectivity index is 1.27. The van der Waals surface area contributed by atoms with E-state index in [1.165, 1.54) is 10.9 Å². The van der Waals surface area contributed by atoms with Gasteiger partial charge in [0.2, 0.25) is 5.91 Å². The molecule has 0 atom stereocenters. The van der Waals surface area contributed by atoms with E-state index in [-0.39, 0.29) is 17.9 Å². The van der Waals surface area contributed by atoms with E-state index in [2.05, 4.69) is 22.6 Å². The van der Waals surface area contributed by atoms with Crippen LogP contribution in [0.15, 0.2) is 72.9 Å². The summed E-state index contributed by atoms with van der Waals surface area (Å²) in [5.74, 6) is 1.42.